The van der Waals surface area contributed by atoms with Crippen LogP contribution in [0.2, 0.25) is 0 Å². The molecule has 0 aliphatic carbocycles. The lowest BCUT2D eigenvalue weighted by Gasteiger charge is -2.35. The third-order valence-electron chi connectivity index (χ3n) is 4.81. The minimum absolute atomic E-state index is 0.214. The summed E-state index contributed by atoms with van der Waals surface area (Å²) in [5.41, 5.74) is 1.51. The van der Waals surface area contributed by atoms with Gasteiger partial charge in [-0.3, -0.25) is 0 Å². The second-order valence-corrected chi connectivity index (χ2v) is 8.85. The van der Waals surface area contributed by atoms with E-state index in [9.17, 15) is 13.2 Å². The Labute approximate surface area is 171 Å². The minimum Gasteiger partial charge on any atom is -0.495 e. The number of piperazine rings is 1. The van der Waals surface area contributed by atoms with E-state index in [-0.39, 0.29) is 10.9 Å². The molecule has 1 heterocycles. The van der Waals surface area contributed by atoms with Gasteiger partial charge in [-0.15, -0.1) is 0 Å². The number of amides is 2. The summed E-state index contributed by atoms with van der Waals surface area (Å²) in [5.74, 6) is 0.777. The van der Waals surface area contributed by atoms with E-state index in [0.717, 1.165) is 11.4 Å². The average Bonchev–Trinajstić information content (AvgIpc) is 2.74. The largest absolute Gasteiger partial charge is 0.495 e. The summed E-state index contributed by atoms with van der Waals surface area (Å²) >= 11 is 0. The van der Waals surface area contributed by atoms with Crippen molar-refractivity contribution >= 4 is 27.4 Å². The van der Waals surface area contributed by atoms with Gasteiger partial charge in [0, 0.05) is 46.0 Å². The number of carbonyl (C=O) groups excluding carboxylic acids is 1. The first-order chi connectivity index (χ1) is 13.8. The minimum atomic E-state index is -3.59. The molecule has 0 saturated carbocycles. The molecule has 1 saturated heterocycles. The Morgan fingerprint density at radius 3 is 2.21 bits per heavy atom. The third-order valence-corrected chi connectivity index (χ3v) is 6.73. The number of ether oxygens (including phenoxy) is 1. The van der Waals surface area contributed by atoms with Crippen LogP contribution in [0, 0.1) is 0 Å². The van der Waals surface area contributed by atoms with E-state index in [2.05, 4.69) is 10.2 Å². The number of urea groups is 1. The van der Waals surface area contributed by atoms with E-state index in [1.807, 2.05) is 24.3 Å². The van der Waals surface area contributed by atoms with Gasteiger partial charge in [-0.05, 0) is 36.4 Å². The number of sulfonamides is 1. The molecule has 2 aromatic rings. The number of para-hydroxylation sites is 2. The van der Waals surface area contributed by atoms with Gasteiger partial charge >= 0.3 is 6.03 Å². The van der Waals surface area contributed by atoms with Crippen LogP contribution in [0.15, 0.2) is 53.4 Å². The zero-order chi connectivity index (χ0) is 21.0. The van der Waals surface area contributed by atoms with E-state index < -0.39 is 10.0 Å². The van der Waals surface area contributed by atoms with Crippen LogP contribution in [0.4, 0.5) is 16.2 Å². The van der Waals surface area contributed by atoms with Gasteiger partial charge in [0.05, 0.1) is 17.7 Å². The maximum absolute atomic E-state index is 13.0. The van der Waals surface area contributed by atoms with Crippen molar-refractivity contribution in [1.82, 2.24) is 9.21 Å². The van der Waals surface area contributed by atoms with Crippen LogP contribution >= 0.6 is 0 Å². The second kappa shape index (κ2) is 8.71. The van der Waals surface area contributed by atoms with Crippen molar-refractivity contribution < 1.29 is 17.9 Å². The first-order valence-corrected chi connectivity index (χ1v) is 10.7. The average molecular weight is 419 g/mol. The number of rotatable bonds is 5. The van der Waals surface area contributed by atoms with Gasteiger partial charge < -0.3 is 19.9 Å². The smallest absolute Gasteiger partial charge is 0.321 e. The zero-order valence-corrected chi connectivity index (χ0v) is 17.6. The van der Waals surface area contributed by atoms with Crippen molar-refractivity contribution in [2.75, 3.05) is 57.6 Å². The molecule has 0 bridgehead atoms. The molecule has 3 rings (SSSR count). The van der Waals surface area contributed by atoms with Crippen molar-refractivity contribution in [3.8, 4) is 5.75 Å². The van der Waals surface area contributed by atoms with Crippen molar-refractivity contribution in [1.29, 1.82) is 0 Å². The number of methoxy groups -OCH3 is 1. The van der Waals surface area contributed by atoms with Gasteiger partial charge in [0.25, 0.3) is 0 Å². The van der Waals surface area contributed by atoms with Crippen LogP contribution in [0.3, 0.4) is 0 Å². The molecule has 1 N–H and O–H groups in total. The standard InChI is InChI=1S/C20H26N4O4S/c1-22(2)20(25)21-16-8-10-17(11-9-16)29(26,27)24-14-12-23(13-15-24)18-6-4-5-7-19(18)28-3/h4-11H,12-15H2,1-3H3,(H,21,25). The van der Waals surface area contributed by atoms with Gasteiger partial charge in [-0.2, -0.15) is 4.31 Å². The fourth-order valence-corrected chi connectivity index (χ4v) is 4.58. The Morgan fingerprint density at radius 1 is 1.00 bits per heavy atom. The molecule has 9 heteroatoms. The highest BCUT2D eigenvalue weighted by Crippen LogP contribution is 2.29. The van der Waals surface area contributed by atoms with Gasteiger partial charge in [0.1, 0.15) is 5.75 Å². The summed E-state index contributed by atoms with van der Waals surface area (Å²) in [6.45, 7) is 1.94. The van der Waals surface area contributed by atoms with E-state index in [1.165, 1.54) is 21.3 Å². The summed E-state index contributed by atoms with van der Waals surface area (Å²) in [4.78, 5) is 15.5. The molecule has 29 heavy (non-hydrogen) atoms. The summed E-state index contributed by atoms with van der Waals surface area (Å²) < 4.78 is 32.9. The Kier molecular flexibility index (Phi) is 6.29. The van der Waals surface area contributed by atoms with E-state index >= 15 is 0 Å². The molecule has 8 nitrogen and oxygen atoms in total. The van der Waals surface area contributed by atoms with Crippen molar-refractivity contribution in [3.05, 3.63) is 48.5 Å². The topological polar surface area (TPSA) is 82.2 Å². The first kappa shape index (κ1) is 20.9. The molecule has 0 aromatic heterocycles. The normalized spacial score (nSPS) is 15.1. The quantitative estimate of drug-likeness (QED) is 0.806. The first-order valence-electron chi connectivity index (χ1n) is 9.29. The predicted molar refractivity (Wildman–Crippen MR) is 113 cm³/mol. The number of nitrogens with one attached hydrogen (secondary N) is 1. The van der Waals surface area contributed by atoms with E-state index in [0.29, 0.717) is 31.9 Å². The van der Waals surface area contributed by atoms with Crippen LogP contribution in [0.5, 0.6) is 5.75 Å². The van der Waals surface area contributed by atoms with Crippen molar-refractivity contribution in [2.45, 2.75) is 4.90 Å². The Bertz CT molecular complexity index is 953. The molecule has 1 fully saturated rings. The molecule has 2 aromatic carbocycles. The van der Waals surface area contributed by atoms with Crippen LogP contribution in [-0.2, 0) is 10.0 Å². The number of carbonyl (C=O) groups is 1. The number of anilines is 2. The molecule has 0 atom stereocenters. The molecular weight excluding hydrogens is 392 g/mol. The number of nitrogens with zero attached hydrogens (tertiary/aromatic N) is 3. The number of benzene rings is 2. The molecule has 2 amide bonds. The second-order valence-electron chi connectivity index (χ2n) is 6.91. The van der Waals surface area contributed by atoms with Gasteiger partial charge in [-0.25, -0.2) is 13.2 Å². The fraction of sp³-hybridized carbons (Fsp3) is 0.350. The summed E-state index contributed by atoms with van der Waals surface area (Å²) in [7, 11) is 1.31. The molecule has 0 spiro atoms. The van der Waals surface area contributed by atoms with Crippen LogP contribution in [0.25, 0.3) is 0 Å². The maximum atomic E-state index is 13.0. The highest BCUT2D eigenvalue weighted by Gasteiger charge is 2.29. The molecular formula is C20H26N4O4S. The lowest BCUT2D eigenvalue weighted by Crippen LogP contribution is -2.48. The maximum Gasteiger partial charge on any atom is 0.321 e. The summed E-state index contributed by atoms with van der Waals surface area (Å²) in [6.07, 6.45) is 0. The van der Waals surface area contributed by atoms with Gasteiger partial charge in [-0.1, -0.05) is 12.1 Å². The van der Waals surface area contributed by atoms with Crippen LogP contribution in [0.1, 0.15) is 0 Å². The molecule has 1 aliphatic rings. The molecule has 1 aliphatic heterocycles. The Hall–Kier alpha value is -2.78. The third kappa shape index (κ3) is 4.63. The molecule has 0 unspecified atom stereocenters. The Morgan fingerprint density at radius 2 is 1.62 bits per heavy atom. The van der Waals surface area contributed by atoms with E-state index in [1.54, 1.807) is 33.3 Å². The molecule has 156 valence electrons. The van der Waals surface area contributed by atoms with Gasteiger partial charge in [0.15, 0.2) is 0 Å². The predicted octanol–water partition coefficient (Wildman–Crippen LogP) is 2.30. The molecule has 0 radical (unpaired) electrons. The Balaban J connectivity index is 1.67. The number of hydrogen-bond donors (Lipinski definition) is 1. The summed E-state index contributed by atoms with van der Waals surface area (Å²) in [6, 6.07) is 13.7. The highest BCUT2D eigenvalue weighted by molar-refractivity contribution is 7.89. The monoisotopic (exact) mass is 418 g/mol. The summed E-state index contributed by atoms with van der Waals surface area (Å²) in [5, 5.41) is 2.69. The lowest BCUT2D eigenvalue weighted by atomic mass is 10.2. The van der Waals surface area contributed by atoms with Crippen LogP contribution < -0.4 is 15.0 Å². The van der Waals surface area contributed by atoms with Gasteiger partial charge in [0.2, 0.25) is 10.0 Å². The fourth-order valence-electron chi connectivity index (χ4n) is 3.15. The van der Waals surface area contributed by atoms with Crippen molar-refractivity contribution in [3.63, 3.8) is 0 Å². The lowest BCUT2D eigenvalue weighted by molar-refractivity contribution is 0.230. The SMILES string of the molecule is COc1ccccc1N1CCN(S(=O)(=O)c2ccc(NC(=O)N(C)C)cc2)CC1. The highest BCUT2D eigenvalue weighted by atomic mass is 32.2. The zero-order valence-electron chi connectivity index (χ0n) is 16.8. The number of hydrogen-bond acceptors (Lipinski definition) is 5. The van der Waals surface area contributed by atoms with Crippen molar-refractivity contribution in [2.24, 2.45) is 0 Å². The van der Waals surface area contributed by atoms with E-state index in [4.69, 9.17) is 4.74 Å². The van der Waals surface area contributed by atoms with Crippen LogP contribution in [-0.4, -0.2) is 71.0 Å².